The lowest BCUT2D eigenvalue weighted by atomic mass is 9.94. The van der Waals surface area contributed by atoms with Gasteiger partial charge in [0.05, 0.1) is 5.56 Å². The van der Waals surface area contributed by atoms with Crippen molar-refractivity contribution in [2.45, 2.75) is 0 Å². The van der Waals surface area contributed by atoms with Gasteiger partial charge < -0.3 is 5.11 Å². The van der Waals surface area contributed by atoms with E-state index in [1.54, 1.807) is 24.3 Å². The zero-order chi connectivity index (χ0) is 17.4. The van der Waals surface area contributed by atoms with Crippen molar-refractivity contribution in [3.63, 3.8) is 0 Å². The first-order valence-electron chi connectivity index (χ1n) is 7.94. The number of carbonyl (C=O) groups is 2. The van der Waals surface area contributed by atoms with Gasteiger partial charge in [0.15, 0.2) is 5.78 Å². The molecule has 0 heterocycles. The highest BCUT2D eigenvalue weighted by atomic mass is 16.4. The van der Waals surface area contributed by atoms with Gasteiger partial charge in [0, 0.05) is 16.7 Å². The van der Waals surface area contributed by atoms with Crippen LogP contribution in [0.25, 0.3) is 11.1 Å². The predicted molar refractivity (Wildman–Crippen MR) is 96.5 cm³/mol. The third kappa shape index (κ3) is 2.46. The molecule has 3 aromatic carbocycles. The molecular formula is C22H14O3. The van der Waals surface area contributed by atoms with Crippen LogP contribution >= 0.6 is 0 Å². The molecule has 0 saturated heterocycles. The number of hydrogen-bond donors (Lipinski definition) is 1. The molecule has 3 aromatic rings. The molecule has 1 aliphatic rings. The second-order valence-electron chi connectivity index (χ2n) is 5.87. The van der Waals surface area contributed by atoms with Gasteiger partial charge in [-0.3, -0.25) is 4.79 Å². The third-order valence-electron chi connectivity index (χ3n) is 4.40. The fourth-order valence-electron chi connectivity index (χ4n) is 3.24. The van der Waals surface area contributed by atoms with E-state index in [4.69, 9.17) is 5.11 Å². The summed E-state index contributed by atoms with van der Waals surface area (Å²) in [7, 11) is 0. The predicted octanol–water partition coefficient (Wildman–Crippen LogP) is 4.54. The van der Waals surface area contributed by atoms with Gasteiger partial charge in [-0.1, -0.05) is 66.7 Å². The molecule has 4 rings (SSSR count). The van der Waals surface area contributed by atoms with Crippen molar-refractivity contribution in [2.75, 3.05) is 0 Å². The Labute approximate surface area is 144 Å². The Hall–Kier alpha value is -3.46. The van der Waals surface area contributed by atoms with Crippen LogP contribution in [0.1, 0.15) is 37.4 Å². The van der Waals surface area contributed by atoms with Crippen molar-refractivity contribution < 1.29 is 14.7 Å². The van der Waals surface area contributed by atoms with E-state index < -0.39 is 5.97 Å². The summed E-state index contributed by atoms with van der Waals surface area (Å²) in [5, 5.41) is 9.10. The standard InChI is InChI=1S/C22H14O3/c23-21-18-9-5-4-8-17(18)19(20(21)14-6-2-1-3-7-14)15-10-12-16(13-11-15)22(24)25/h1-13H,(H,24,25). The fraction of sp³-hybridized carbons (Fsp3) is 0. The second-order valence-corrected chi connectivity index (χ2v) is 5.87. The number of carboxylic acid groups (broad SMARTS) is 1. The first-order chi connectivity index (χ1) is 12.2. The quantitative estimate of drug-likeness (QED) is 0.769. The Balaban J connectivity index is 1.97. The summed E-state index contributed by atoms with van der Waals surface area (Å²) in [6.45, 7) is 0. The molecule has 25 heavy (non-hydrogen) atoms. The molecule has 1 N–H and O–H groups in total. The monoisotopic (exact) mass is 326 g/mol. The Kier molecular flexibility index (Phi) is 3.55. The molecule has 0 radical (unpaired) electrons. The van der Waals surface area contributed by atoms with Crippen LogP contribution in [-0.2, 0) is 0 Å². The zero-order valence-electron chi connectivity index (χ0n) is 13.3. The first-order valence-corrected chi connectivity index (χ1v) is 7.94. The minimum atomic E-state index is -0.966. The number of carbonyl (C=O) groups excluding carboxylic acids is 1. The van der Waals surface area contributed by atoms with E-state index in [1.807, 2.05) is 54.6 Å². The summed E-state index contributed by atoms with van der Waals surface area (Å²) < 4.78 is 0. The lowest BCUT2D eigenvalue weighted by Crippen LogP contribution is -1.98. The number of allylic oxidation sites excluding steroid dienone is 1. The van der Waals surface area contributed by atoms with Crippen molar-refractivity contribution >= 4 is 22.9 Å². The van der Waals surface area contributed by atoms with Crippen molar-refractivity contribution in [2.24, 2.45) is 0 Å². The highest BCUT2D eigenvalue weighted by Gasteiger charge is 2.30. The summed E-state index contributed by atoms with van der Waals surface area (Å²) in [6, 6.07) is 23.8. The van der Waals surface area contributed by atoms with Crippen molar-refractivity contribution in [3.8, 4) is 0 Å². The summed E-state index contributed by atoms with van der Waals surface area (Å²) >= 11 is 0. The first kappa shape index (κ1) is 15.1. The molecule has 3 nitrogen and oxygen atoms in total. The molecule has 3 heteroatoms. The van der Waals surface area contributed by atoms with Gasteiger partial charge >= 0.3 is 5.97 Å². The number of benzene rings is 3. The molecule has 0 bridgehead atoms. The van der Waals surface area contributed by atoms with Crippen LogP contribution in [-0.4, -0.2) is 16.9 Å². The van der Waals surface area contributed by atoms with E-state index in [9.17, 15) is 9.59 Å². The second kappa shape index (κ2) is 5.87. The smallest absolute Gasteiger partial charge is 0.335 e. The highest BCUT2D eigenvalue weighted by Crippen LogP contribution is 2.41. The van der Waals surface area contributed by atoms with Gasteiger partial charge in [0.25, 0.3) is 0 Å². The number of Topliss-reactive ketones (excluding diaryl/α,β-unsaturated/α-hetero) is 1. The number of hydrogen-bond acceptors (Lipinski definition) is 2. The fourth-order valence-corrected chi connectivity index (χ4v) is 3.24. The van der Waals surface area contributed by atoms with Crippen LogP contribution < -0.4 is 0 Å². The lowest BCUT2D eigenvalue weighted by molar-refractivity contribution is 0.0696. The lowest BCUT2D eigenvalue weighted by Gasteiger charge is -2.09. The SMILES string of the molecule is O=C(O)c1ccc(C2=C(c3ccccc3)C(=O)c3ccccc32)cc1. The van der Waals surface area contributed by atoms with E-state index in [-0.39, 0.29) is 11.3 Å². The third-order valence-corrected chi connectivity index (χ3v) is 4.40. The number of ketones is 1. The van der Waals surface area contributed by atoms with Gasteiger partial charge in [-0.15, -0.1) is 0 Å². The Morgan fingerprint density at radius 2 is 1.20 bits per heavy atom. The van der Waals surface area contributed by atoms with E-state index in [0.29, 0.717) is 11.1 Å². The van der Waals surface area contributed by atoms with Crippen molar-refractivity contribution in [3.05, 3.63) is 107 Å². The molecule has 1 aliphatic carbocycles. The molecular weight excluding hydrogens is 312 g/mol. The van der Waals surface area contributed by atoms with Crippen molar-refractivity contribution in [1.82, 2.24) is 0 Å². The molecule has 0 atom stereocenters. The Morgan fingerprint density at radius 3 is 1.84 bits per heavy atom. The summed E-state index contributed by atoms with van der Waals surface area (Å²) in [4.78, 5) is 24.1. The maximum atomic E-state index is 13.0. The van der Waals surface area contributed by atoms with Crippen LogP contribution in [0, 0.1) is 0 Å². The van der Waals surface area contributed by atoms with Gasteiger partial charge in [-0.05, 0) is 28.8 Å². The zero-order valence-corrected chi connectivity index (χ0v) is 13.3. The Bertz CT molecular complexity index is 1010. The number of aromatic carboxylic acids is 1. The topological polar surface area (TPSA) is 54.4 Å². The number of fused-ring (bicyclic) bond motifs is 1. The maximum Gasteiger partial charge on any atom is 0.335 e. The molecule has 120 valence electrons. The van der Waals surface area contributed by atoms with Crippen LogP contribution in [0.15, 0.2) is 78.9 Å². The largest absolute Gasteiger partial charge is 0.478 e. The van der Waals surface area contributed by atoms with E-state index in [2.05, 4.69) is 0 Å². The van der Waals surface area contributed by atoms with E-state index in [0.717, 1.165) is 22.3 Å². The van der Waals surface area contributed by atoms with Gasteiger partial charge in [0.1, 0.15) is 0 Å². The van der Waals surface area contributed by atoms with E-state index in [1.165, 1.54) is 0 Å². The van der Waals surface area contributed by atoms with Crippen LogP contribution in [0.5, 0.6) is 0 Å². The Morgan fingerprint density at radius 1 is 0.640 bits per heavy atom. The van der Waals surface area contributed by atoms with Crippen LogP contribution in [0.2, 0.25) is 0 Å². The average Bonchev–Trinajstić information content (AvgIpc) is 2.95. The van der Waals surface area contributed by atoms with Crippen LogP contribution in [0.4, 0.5) is 0 Å². The normalized spacial score (nSPS) is 13.0. The average molecular weight is 326 g/mol. The molecule has 0 aromatic heterocycles. The molecule has 0 aliphatic heterocycles. The van der Waals surface area contributed by atoms with Gasteiger partial charge in [0.2, 0.25) is 0 Å². The molecule has 0 saturated carbocycles. The molecule has 0 fully saturated rings. The van der Waals surface area contributed by atoms with E-state index >= 15 is 0 Å². The van der Waals surface area contributed by atoms with Gasteiger partial charge in [-0.25, -0.2) is 4.79 Å². The van der Waals surface area contributed by atoms with Crippen molar-refractivity contribution in [1.29, 1.82) is 0 Å². The van der Waals surface area contributed by atoms with Gasteiger partial charge in [-0.2, -0.15) is 0 Å². The summed E-state index contributed by atoms with van der Waals surface area (Å²) in [5.41, 5.74) is 4.99. The van der Waals surface area contributed by atoms with Crippen LogP contribution in [0.3, 0.4) is 0 Å². The molecule has 0 amide bonds. The summed E-state index contributed by atoms with van der Waals surface area (Å²) in [6.07, 6.45) is 0. The molecule has 0 spiro atoms. The number of carboxylic acids is 1. The minimum absolute atomic E-state index is 0.000823. The maximum absolute atomic E-state index is 13.0. The molecule has 0 unspecified atom stereocenters. The number of rotatable bonds is 3. The minimum Gasteiger partial charge on any atom is -0.478 e. The summed E-state index contributed by atoms with van der Waals surface area (Å²) in [5.74, 6) is -0.967. The highest BCUT2D eigenvalue weighted by molar-refractivity contribution is 6.41.